The number of nitrogens with one attached hydrogen (secondary N) is 1. The van der Waals surface area contributed by atoms with Crippen molar-refractivity contribution >= 4 is 39.2 Å². The lowest BCUT2D eigenvalue weighted by Crippen LogP contribution is -2.28. The van der Waals surface area contributed by atoms with Crippen LogP contribution in [-0.2, 0) is 6.18 Å². The van der Waals surface area contributed by atoms with E-state index < -0.39 is 42.0 Å². The average Bonchev–Trinajstić information content (AvgIpc) is 2.77. The van der Waals surface area contributed by atoms with Crippen LogP contribution in [0.1, 0.15) is 45.1 Å². The van der Waals surface area contributed by atoms with Crippen molar-refractivity contribution in [3.63, 3.8) is 0 Å². The molecule has 1 amide bonds. The lowest BCUT2D eigenvalue weighted by atomic mass is 10.1. The Hall–Kier alpha value is -3.05. The minimum atomic E-state index is -4.62. The molecule has 0 bridgehead atoms. The van der Waals surface area contributed by atoms with Crippen molar-refractivity contribution in [2.45, 2.75) is 19.3 Å². The van der Waals surface area contributed by atoms with E-state index >= 15 is 0 Å². The third-order valence-corrected chi connectivity index (χ3v) is 5.30. The molecule has 1 aromatic heterocycles. The van der Waals surface area contributed by atoms with Crippen LogP contribution in [-0.4, -0.2) is 28.4 Å². The van der Waals surface area contributed by atoms with E-state index in [1.807, 2.05) is 0 Å². The van der Waals surface area contributed by atoms with Gasteiger partial charge >= 0.3 is 6.18 Å². The fraction of sp³-hybridized carbons (Fsp3) is 0.182. The largest absolute Gasteiger partial charge is 0.437 e. The van der Waals surface area contributed by atoms with Crippen LogP contribution in [0.3, 0.4) is 0 Å². The van der Waals surface area contributed by atoms with E-state index in [-0.39, 0.29) is 27.6 Å². The van der Waals surface area contributed by atoms with Crippen LogP contribution in [0.25, 0.3) is 0 Å². The number of hydrogen-bond acceptors (Lipinski definition) is 5. The molecule has 1 heterocycles. The zero-order chi connectivity index (χ0) is 25.0. The van der Waals surface area contributed by atoms with Crippen molar-refractivity contribution in [2.24, 2.45) is 0 Å². The monoisotopic (exact) mass is 559 g/mol. The Kier molecular flexibility index (Phi) is 7.88. The number of nitrogens with zero attached hydrogens (tertiary/aromatic N) is 2. The van der Waals surface area contributed by atoms with Crippen molar-refractivity contribution in [1.29, 1.82) is 0 Å². The maximum Gasteiger partial charge on any atom is 0.416 e. The molecular formula is C22H15BrClF4N3O3. The Morgan fingerprint density at radius 2 is 1.88 bits per heavy atom. The Balaban J connectivity index is 1.85. The van der Waals surface area contributed by atoms with Gasteiger partial charge in [0.2, 0.25) is 0 Å². The minimum absolute atomic E-state index is 0.142. The molecule has 0 saturated heterocycles. The van der Waals surface area contributed by atoms with Crippen LogP contribution in [0, 0.1) is 0 Å². The molecule has 0 unspecified atom stereocenters. The summed E-state index contributed by atoms with van der Waals surface area (Å²) in [5.74, 6) is -2.12. The second-order valence-corrected chi connectivity index (χ2v) is 8.30. The number of aromatic nitrogens is 2. The Bertz CT molecular complexity index is 1240. The van der Waals surface area contributed by atoms with Gasteiger partial charge in [-0.3, -0.25) is 9.59 Å². The molecule has 6 nitrogen and oxygen atoms in total. The molecule has 0 saturated carbocycles. The molecule has 1 atom stereocenters. The average molecular weight is 561 g/mol. The topological polar surface area (TPSA) is 81.2 Å². The van der Waals surface area contributed by atoms with E-state index in [0.717, 1.165) is 24.3 Å². The van der Waals surface area contributed by atoms with Gasteiger partial charge in [-0.1, -0.05) is 39.7 Å². The van der Waals surface area contributed by atoms with Crippen molar-refractivity contribution in [3.05, 3.63) is 80.4 Å². The lowest BCUT2D eigenvalue weighted by molar-refractivity contribution is -0.137. The quantitative estimate of drug-likeness (QED) is 0.269. The lowest BCUT2D eigenvalue weighted by Gasteiger charge is -2.14. The van der Waals surface area contributed by atoms with Crippen LogP contribution in [0.15, 0.2) is 53.0 Å². The first-order valence-electron chi connectivity index (χ1n) is 9.56. The zero-order valence-corrected chi connectivity index (χ0v) is 19.6. The molecular weight excluding hydrogens is 546 g/mol. The first-order valence-corrected chi connectivity index (χ1v) is 10.7. The molecule has 2 aromatic carbocycles. The van der Waals surface area contributed by atoms with Crippen LogP contribution < -0.4 is 10.1 Å². The molecule has 34 heavy (non-hydrogen) atoms. The third kappa shape index (κ3) is 6.29. The predicted molar refractivity (Wildman–Crippen MR) is 119 cm³/mol. The molecule has 0 radical (unpaired) electrons. The van der Waals surface area contributed by atoms with Crippen LogP contribution in [0.2, 0.25) is 5.02 Å². The summed E-state index contributed by atoms with van der Waals surface area (Å²) in [6.07, 6.45) is -6.28. The summed E-state index contributed by atoms with van der Waals surface area (Å²) in [5.41, 5.74) is -1.33. The number of benzene rings is 2. The number of hydrogen-bond donors (Lipinski definition) is 1. The Morgan fingerprint density at radius 3 is 2.53 bits per heavy atom. The number of Topliss-reactive ketones (excluding diaryl/α,β-unsaturated/α-hetero) is 1. The van der Waals surface area contributed by atoms with E-state index in [1.54, 1.807) is 6.07 Å². The number of ketones is 1. The number of halogens is 6. The van der Waals surface area contributed by atoms with Gasteiger partial charge in [0, 0.05) is 22.0 Å². The summed E-state index contributed by atoms with van der Waals surface area (Å²) >= 11 is 9.25. The third-order valence-electron chi connectivity index (χ3n) is 4.48. The summed E-state index contributed by atoms with van der Waals surface area (Å²) in [6.45, 7) is 0.701. The van der Waals surface area contributed by atoms with Crippen LogP contribution in [0.5, 0.6) is 11.6 Å². The molecule has 0 aliphatic heterocycles. The van der Waals surface area contributed by atoms with Crippen molar-refractivity contribution in [1.82, 2.24) is 15.5 Å². The second kappa shape index (κ2) is 10.5. The fourth-order valence-corrected chi connectivity index (χ4v) is 3.57. The van der Waals surface area contributed by atoms with Gasteiger partial charge in [0.05, 0.1) is 12.1 Å². The van der Waals surface area contributed by atoms with Gasteiger partial charge < -0.3 is 10.1 Å². The number of amides is 1. The van der Waals surface area contributed by atoms with E-state index in [9.17, 15) is 27.2 Å². The molecule has 178 valence electrons. The van der Waals surface area contributed by atoms with Crippen molar-refractivity contribution < 1.29 is 31.9 Å². The maximum absolute atomic E-state index is 14.7. The summed E-state index contributed by atoms with van der Waals surface area (Å²) in [6, 6.07) is 9.51. The van der Waals surface area contributed by atoms with E-state index in [2.05, 4.69) is 31.4 Å². The number of alkyl halides is 4. The van der Waals surface area contributed by atoms with Crippen LogP contribution in [0.4, 0.5) is 17.6 Å². The molecule has 0 aliphatic carbocycles. The SMILES string of the molecule is CC(=O)c1cc(C(=O)NC[C@H](F)c2ccc(Br)cc2Cl)c(Oc2cccc(C(F)(F)F)c2)nn1. The standard InChI is InChI=1S/C22H15BrClF4N3O3/c1-11(32)19-9-16(20(33)29-10-18(25)15-6-5-13(23)8-17(15)24)21(31-30-19)34-14-4-2-3-12(7-14)22(26,27)28/h2-9,18H,10H2,1H3,(H,29,33)/t18-/m0/s1. The number of ether oxygens (including phenoxy) is 1. The normalized spacial score (nSPS) is 12.2. The highest BCUT2D eigenvalue weighted by molar-refractivity contribution is 9.10. The summed E-state index contributed by atoms with van der Waals surface area (Å²) < 4.78 is 59.7. The number of carbonyl (C=O) groups is 2. The number of carbonyl (C=O) groups excluding carboxylic acids is 2. The van der Waals surface area contributed by atoms with E-state index in [1.165, 1.54) is 25.1 Å². The smallest absolute Gasteiger partial charge is 0.416 e. The zero-order valence-electron chi connectivity index (χ0n) is 17.3. The van der Waals surface area contributed by atoms with Crippen molar-refractivity contribution in [3.8, 4) is 11.6 Å². The van der Waals surface area contributed by atoms with Gasteiger partial charge in [0.15, 0.2) is 5.78 Å². The molecule has 0 aliphatic rings. The summed E-state index contributed by atoms with van der Waals surface area (Å²) in [5, 5.41) is 9.78. The minimum Gasteiger partial charge on any atom is -0.437 e. The predicted octanol–water partition coefficient (Wildman–Crippen LogP) is 6.35. The highest BCUT2D eigenvalue weighted by Crippen LogP contribution is 2.33. The highest BCUT2D eigenvalue weighted by atomic mass is 79.9. The molecule has 3 aromatic rings. The van der Waals surface area contributed by atoms with Gasteiger partial charge in [0.1, 0.15) is 23.2 Å². The maximum atomic E-state index is 14.7. The summed E-state index contributed by atoms with van der Waals surface area (Å²) in [7, 11) is 0. The highest BCUT2D eigenvalue weighted by Gasteiger charge is 2.31. The Morgan fingerprint density at radius 1 is 1.15 bits per heavy atom. The molecule has 12 heteroatoms. The van der Waals surface area contributed by atoms with Gasteiger partial charge in [-0.25, -0.2) is 4.39 Å². The van der Waals surface area contributed by atoms with Crippen LogP contribution >= 0.6 is 27.5 Å². The van der Waals surface area contributed by atoms with E-state index in [4.69, 9.17) is 16.3 Å². The van der Waals surface area contributed by atoms with Gasteiger partial charge in [0.25, 0.3) is 11.8 Å². The van der Waals surface area contributed by atoms with E-state index in [0.29, 0.717) is 4.47 Å². The van der Waals surface area contributed by atoms with Gasteiger partial charge in [-0.05, 0) is 36.4 Å². The Labute approximate surface area is 204 Å². The first-order chi connectivity index (χ1) is 16.0. The second-order valence-electron chi connectivity index (χ2n) is 6.98. The molecule has 0 spiro atoms. The summed E-state index contributed by atoms with van der Waals surface area (Å²) in [4.78, 5) is 24.5. The van der Waals surface area contributed by atoms with Crippen molar-refractivity contribution in [2.75, 3.05) is 6.54 Å². The van der Waals surface area contributed by atoms with Gasteiger partial charge in [-0.15, -0.1) is 10.2 Å². The van der Waals surface area contributed by atoms with Gasteiger partial charge in [-0.2, -0.15) is 13.2 Å². The molecule has 1 N–H and O–H groups in total. The number of rotatable bonds is 7. The molecule has 0 fully saturated rings. The fourth-order valence-electron chi connectivity index (χ4n) is 2.78. The molecule has 3 rings (SSSR count). The first kappa shape index (κ1) is 25.6.